The van der Waals surface area contributed by atoms with Crippen LogP contribution in [0.5, 0.6) is 11.5 Å². The number of nitrogens with two attached hydrogens (primary N) is 1. The first kappa shape index (κ1) is 21.4. The van der Waals surface area contributed by atoms with Gasteiger partial charge in [0.05, 0.1) is 31.9 Å². The van der Waals surface area contributed by atoms with E-state index >= 15 is 0 Å². The summed E-state index contributed by atoms with van der Waals surface area (Å²) in [6, 6.07) is 11.1. The Morgan fingerprint density at radius 1 is 1.03 bits per heavy atom. The molecule has 0 atom stereocenters. The van der Waals surface area contributed by atoms with Crippen LogP contribution in [0, 0.1) is 0 Å². The number of methoxy groups -OCH3 is 2. The number of nitrogens with one attached hydrogen (secondary N) is 2. The van der Waals surface area contributed by atoms with Crippen LogP contribution >= 0.6 is 0 Å². The van der Waals surface area contributed by atoms with Crippen LogP contribution in [0.1, 0.15) is 34.1 Å². The zero-order chi connectivity index (χ0) is 21.4. The molecule has 2 aromatic rings. The minimum atomic E-state index is -0.645. The van der Waals surface area contributed by atoms with E-state index in [1.54, 1.807) is 37.3 Å². The summed E-state index contributed by atoms with van der Waals surface area (Å²) >= 11 is 0. The van der Waals surface area contributed by atoms with E-state index in [2.05, 4.69) is 15.8 Å². The topological polar surface area (TPSA) is 132 Å². The van der Waals surface area contributed by atoms with E-state index in [1.807, 2.05) is 0 Å². The zero-order valence-corrected chi connectivity index (χ0v) is 16.3. The van der Waals surface area contributed by atoms with Gasteiger partial charge < -0.3 is 20.5 Å². The molecule has 0 aliphatic carbocycles. The van der Waals surface area contributed by atoms with E-state index in [0.29, 0.717) is 28.5 Å². The van der Waals surface area contributed by atoms with Gasteiger partial charge in [0, 0.05) is 11.3 Å². The largest absolute Gasteiger partial charge is 0.493 e. The summed E-state index contributed by atoms with van der Waals surface area (Å²) in [5, 5.41) is 6.54. The van der Waals surface area contributed by atoms with Crippen LogP contribution in [0.3, 0.4) is 0 Å². The van der Waals surface area contributed by atoms with Gasteiger partial charge in [0.15, 0.2) is 11.5 Å². The first-order valence-electron chi connectivity index (χ1n) is 8.60. The second-order valence-electron chi connectivity index (χ2n) is 5.99. The van der Waals surface area contributed by atoms with Crippen molar-refractivity contribution >= 4 is 29.1 Å². The highest BCUT2D eigenvalue weighted by Crippen LogP contribution is 2.27. The highest BCUT2D eigenvalue weighted by Gasteiger charge is 2.13. The summed E-state index contributed by atoms with van der Waals surface area (Å²) in [7, 11) is 2.97. The Balaban J connectivity index is 1.99. The Labute approximate surface area is 167 Å². The van der Waals surface area contributed by atoms with Gasteiger partial charge in [-0.1, -0.05) is 12.1 Å². The molecule has 0 radical (unpaired) electrons. The fourth-order valence-electron chi connectivity index (χ4n) is 2.46. The molecule has 0 saturated heterocycles. The smallest absolute Gasteiger partial charge is 0.271 e. The maximum absolute atomic E-state index is 12.2. The number of amides is 3. The number of ether oxygens (including phenoxy) is 2. The molecule has 0 aliphatic rings. The number of hydrogen-bond acceptors (Lipinski definition) is 6. The lowest BCUT2D eigenvalue weighted by Crippen LogP contribution is -2.22. The molecular formula is C20H22N4O5. The summed E-state index contributed by atoms with van der Waals surface area (Å²) < 4.78 is 10.3. The van der Waals surface area contributed by atoms with Crippen molar-refractivity contribution in [3.05, 3.63) is 53.6 Å². The first-order valence-corrected chi connectivity index (χ1v) is 8.60. The molecular weight excluding hydrogens is 376 g/mol. The van der Waals surface area contributed by atoms with Crippen molar-refractivity contribution in [3.63, 3.8) is 0 Å². The van der Waals surface area contributed by atoms with E-state index in [1.165, 1.54) is 26.4 Å². The maximum atomic E-state index is 12.2. The monoisotopic (exact) mass is 398 g/mol. The molecule has 152 valence electrons. The quantitative estimate of drug-likeness (QED) is 0.462. The van der Waals surface area contributed by atoms with Crippen LogP contribution in [-0.4, -0.2) is 37.7 Å². The average molecular weight is 398 g/mol. The van der Waals surface area contributed by atoms with Crippen molar-refractivity contribution < 1.29 is 23.9 Å². The Kier molecular flexibility index (Phi) is 7.30. The number of anilines is 1. The first-order chi connectivity index (χ1) is 13.8. The lowest BCUT2D eigenvalue weighted by molar-refractivity contribution is -0.115. The summed E-state index contributed by atoms with van der Waals surface area (Å²) in [6.45, 7) is 1.59. The summed E-state index contributed by atoms with van der Waals surface area (Å²) in [5.41, 5.74) is 8.88. The van der Waals surface area contributed by atoms with Gasteiger partial charge in [0.25, 0.3) is 11.8 Å². The van der Waals surface area contributed by atoms with Crippen LogP contribution in [0.15, 0.2) is 47.6 Å². The van der Waals surface area contributed by atoms with Crippen molar-refractivity contribution in [3.8, 4) is 11.5 Å². The third kappa shape index (κ3) is 5.80. The molecule has 0 bridgehead atoms. The number of hydrogen-bond donors (Lipinski definition) is 3. The van der Waals surface area contributed by atoms with Crippen molar-refractivity contribution in [2.24, 2.45) is 10.8 Å². The van der Waals surface area contributed by atoms with Gasteiger partial charge in [-0.25, -0.2) is 5.43 Å². The van der Waals surface area contributed by atoms with Crippen LogP contribution < -0.4 is 25.9 Å². The van der Waals surface area contributed by atoms with Gasteiger partial charge >= 0.3 is 0 Å². The molecule has 2 rings (SSSR count). The molecule has 0 aromatic heterocycles. The molecule has 0 aliphatic heterocycles. The Morgan fingerprint density at radius 3 is 2.38 bits per heavy atom. The highest BCUT2D eigenvalue weighted by atomic mass is 16.5. The number of carbonyl (C=O) groups excluding carboxylic acids is 3. The average Bonchev–Trinajstić information content (AvgIpc) is 2.71. The van der Waals surface area contributed by atoms with E-state index in [9.17, 15) is 14.4 Å². The van der Waals surface area contributed by atoms with Gasteiger partial charge in [-0.2, -0.15) is 5.10 Å². The molecule has 0 fully saturated rings. The molecule has 0 unspecified atom stereocenters. The Hall–Kier alpha value is -3.88. The molecule has 29 heavy (non-hydrogen) atoms. The lowest BCUT2D eigenvalue weighted by Gasteiger charge is -2.09. The number of para-hydroxylation sites is 1. The molecule has 9 heteroatoms. The molecule has 3 amide bonds. The van der Waals surface area contributed by atoms with Crippen LogP contribution in [0.2, 0.25) is 0 Å². The van der Waals surface area contributed by atoms with Gasteiger partial charge in [-0.3, -0.25) is 14.4 Å². The van der Waals surface area contributed by atoms with Crippen molar-refractivity contribution in [1.29, 1.82) is 0 Å². The minimum Gasteiger partial charge on any atom is -0.493 e. The number of primary amides is 1. The second-order valence-corrected chi connectivity index (χ2v) is 5.99. The van der Waals surface area contributed by atoms with Crippen LogP contribution in [0.4, 0.5) is 5.69 Å². The third-order valence-electron chi connectivity index (χ3n) is 3.88. The molecule has 0 spiro atoms. The zero-order valence-electron chi connectivity index (χ0n) is 16.3. The number of rotatable bonds is 8. The number of hydrazone groups is 1. The summed E-state index contributed by atoms with van der Waals surface area (Å²) in [4.78, 5) is 35.8. The van der Waals surface area contributed by atoms with E-state index in [-0.39, 0.29) is 12.0 Å². The fourth-order valence-corrected chi connectivity index (χ4v) is 2.46. The van der Waals surface area contributed by atoms with Crippen molar-refractivity contribution in [2.75, 3.05) is 19.5 Å². The normalized spacial score (nSPS) is 10.8. The predicted octanol–water partition coefficient (Wildman–Crippen LogP) is 1.94. The van der Waals surface area contributed by atoms with Crippen molar-refractivity contribution in [1.82, 2.24) is 5.43 Å². The SMILES string of the molecule is COc1ccc(C(=O)N/N=C(\C)CC(=O)Nc2ccccc2C(N)=O)cc1OC. The van der Waals surface area contributed by atoms with Crippen molar-refractivity contribution in [2.45, 2.75) is 13.3 Å². The minimum absolute atomic E-state index is 0.0840. The summed E-state index contributed by atoms with van der Waals surface area (Å²) in [6.07, 6.45) is -0.0840. The third-order valence-corrected chi connectivity index (χ3v) is 3.88. The van der Waals surface area contributed by atoms with Gasteiger partial charge in [0.1, 0.15) is 0 Å². The standard InChI is InChI=1S/C20H22N4O5/c1-12(10-18(25)22-15-7-5-4-6-14(15)19(21)26)23-24-20(27)13-8-9-16(28-2)17(11-13)29-3/h4-9,11H,10H2,1-3H3,(H2,21,26)(H,22,25)(H,24,27)/b23-12+. The summed E-state index contributed by atoms with van der Waals surface area (Å²) in [5.74, 6) is -0.608. The predicted molar refractivity (Wildman–Crippen MR) is 108 cm³/mol. The molecule has 4 N–H and O–H groups in total. The Morgan fingerprint density at radius 2 is 1.72 bits per heavy atom. The molecule has 9 nitrogen and oxygen atoms in total. The van der Waals surface area contributed by atoms with Gasteiger partial charge in [0.2, 0.25) is 5.91 Å². The van der Waals surface area contributed by atoms with E-state index < -0.39 is 17.7 Å². The number of benzene rings is 2. The van der Waals surface area contributed by atoms with Crippen LogP contribution in [-0.2, 0) is 4.79 Å². The van der Waals surface area contributed by atoms with Gasteiger partial charge in [-0.15, -0.1) is 0 Å². The van der Waals surface area contributed by atoms with Gasteiger partial charge in [-0.05, 0) is 37.3 Å². The van der Waals surface area contributed by atoms with Crippen LogP contribution in [0.25, 0.3) is 0 Å². The highest BCUT2D eigenvalue weighted by molar-refractivity contribution is 6.09. The molecule has 0 heterocycles. The fraction of sp³-hybridized carbons (Fsp3) is 0.200. The molecule has 0 saturated carbocycles. The number of nitrogens with zero attached hydrogens (tertiary/aromatic N) is 1. The maximum Gasteiger partial charge on any atom is 0.271 e. The molecule has 2 aromatic carbocycles. The van der Waals surface area contributed by atoms with E-state index in [4.69, 9.17) is 15.2 Å². The lowest BCUT2D eigenvalue weighted by atomic mass is 10.1. The second kappa shape index (κ2) is 9.88. The number of carbonyl (C=O) groups is 3. The van der Waals surface area contributed by atoms with E-state index in [0.717, 1.165) is 0 Å². The Bertz CT molecular complexity index is 956.